The average Bonchev–Trinajstić information content (AvgIpc) is 2.29. The predicted octanol–water partition coefficient (Wildman–Crippen LogP) is 2.68. The fourth-order valence-corrected chi connectivity index (χ4v) is 1.46. The summed E-state index contributed by atoms with van der Waals surface area (Å²) in [6.45, 7) is 0. The quantitative estimate of drug-likeness (QED) is 0.567. The molecule has 0 heterocycles. The number of benzene rings is 1. The summed E-state index contributed by atoms with van der Waals surface area (Å²) in [6.07, 6.45) is 5.60. The highest BCUT2D eigenvalue weighted by atomic mass is 16.1. The Morgan fingerprint density at radius 3 is 2.92 bits per heavy atom. The molecule has 0 radical (unpaired) electrons. The summed E-state index contributed by atoms with van der Waals surface area (Å²) >= 11 is 0. The standard InChI is InChI=1S/C11H10O/c12-11-8-4-2-6-9-5-1-3-7-10(9)11/h1-3,5-7H,4,8H2. The number of Topliss-reactive ketones (excluding diaryl/α,β-unsaturated/α-hetero) is 1. The maximum absolute atomic E-state index is 11.5. The molecule has 0 unspecified atom stereocenters. The van der Waals surface area contributed by atoms with Crippen molar-refractivity contribution in [2.45, 2.75) is 12.8 Å². The van der Waals surface area contributed by atoms with Gasteiger partial charge in [0.25, 0.3) is 0 Å². The van der Waals surface area contributed by atoms with Gasteiger partial charge < -0.3 is 0 Å². The van der Waals surface area contributed by atoms with Crippen LogP contribution in [0.5, 0.6) is 0 Å². The number of carbonyl (C=O) groups excluding carboxylic acids is 1. The first kappa shape index (κ1) is 7.29. The van der Waals surface area contributed by atoms with E-state index in [2.05, 4.69) is 6.08 Å². The van der Waals surface area contributed by atoms with Crippen molar-refractivity contribution in [3.8, 4) is 0 Å². The van der Waals surface area contributed by atoms with Crippen LogP contribution in [0.2, 0.25) is 0 Å². The van der Waals surface area contributed by atoms with Gasteiger partial charge in [0, 0.05) is 12.0 Å². The normalized spacial score (nSPS) is 15.5. The van der Waals surface area contributed by atoms with E-state index in [1.165, 1.54) is 0 Å². The molecular formula is C11H10O. The Bertz CT molecular complexity index is 337. The van der Waals surface area contributed by atoms with E-state index in [1.54, 1.807) is 0 Å². The monoisotopic (exact) mass is 158 g/mol. The minimum atomic E-state index is 0.260. The highest BCUT2D eigenvalue weighted by Crippen LogP contribution is 2.17. The fraction of sp³-hybridized carbons (Fsp3) is 0.182. The Morgan fingerprint density at radius 1 is 1.17 bits per heavy atom. The minimum Gasteiger partial charge on any atom is -0.294 e. The predicted molar refractivity (Wildman–Crippen MR) is 49.0 cm³/mol. The van der Waals surface area contributed by atoms with Gasteiger partial charge in [0.2, 0.25) is 0 Å². The highest BCUT2D eigenvalue weighted by Gasteiger charge is 2.10. The van der Waals surface area contributed by atoms with E-state index in [0.717, 1.165) is 17.5 Å². The van der Waals surface area contributed by atoms with Crippen molar-refractivity contribution in [2.75, 3.05) is 0 Å². The lowest BCUT2D eigenvalue weighted by molar-refractivity contribution is 0.0984. The number of rotatable bonds is 0. The summed E-state index contributed by atoms with van der Waals surface area (Å²) in [7, 11) is 0. The van der Waals surface area contributed by atoms with Crippen LogP contribution in [-0.4, -0.2) is 5.78 Å². The van der Waals surface area contributed by atoms with Crippen LogP contribution in [0.1, 0.15) is 28.8 Å². The minimum absolute atomic E-state index is 0.260. The molecule has 0 bridgehead atoms. The highest BCUT2D eigenvalue weighted by molar-refractivity contribution is 6.00. The molecule has 1 aromatic carbocycles. The second-order valence-electron chi connectivity index (χ2n) is 2.95. The molecule has 1 aliphatic rings. The van der Waals surface area contributed by atoms with Crippen LogP contribution in [0.4, 0.5) is 0 Å². The molecule has 60 valence electrons. The zero-order chi connectivity index (χ0) is 8.39. The third kappa shape index (κ3) is 1.18. The summed E-state index contributed by atoms with van der Waals surface area (Å²) in [5.41, 5.74) is 1.92. The number of ketones is 1. The molecule has 0 saturated heterocycles. The van der Waals surface area contributed by atoms with Crippen LogP contribution >= 0.6 is 0 Å². The van der Waals surface area contributed by atoms with Crippen molar-refractivity contribution in [3.05, 3.63) is 41.5 Å². The topological polar surface area (TPSA) is 17.1 Å². The average molecular weight is 158 g/mol. The van der Waals surface area contributed by atoms with Crippen molar-refractivity contribution in [3.63, 3.8) is 0 Å². The Morgan fingerprint density at radius 2 is 2.00 bits per heavy atom. The van der Waals surface area contributed by atoms with E-state index in [-0.39, 0.29) is 5.78 Å². The first-order chi connectivity index (χ1) is 5.88. The van der Waals surface area contributed by atoms with Crippen LogP contribution in [-0.2, 0) is 0 Å². The number of fused-ring (bicyclic) bond motifs is 1. The van der Waals surface area contributed by atoms with Crippen LogP contribution in [0.25, 0.3) is 6.08 Å². The van der Waals surface area contributed by atoms with Gasteiger partial charge in [-0.1, -0.05) is 36.4 Å². The van der Waals surface area contributed by atoms with Gasteiger partial charge in [-0.3, -0.25) is 4.79 Å². The molecule has 0 aromatic heterocycles. The first-order valence-corrected chi connectivity index (χ1v) is 4.17. The molecule has 0 spiro atoms. The van der Waals surface area contributed by atoms with E-state index >= 15 is 0 Å². The van der Waals surface area contributed by atoms with Gasteiger partial charge in [0.05, 0.1) is 0 Å². The smallest absolute Gasteiger partial charge is 0.163 e. The lowest BCUT2D eigenvalue weighted by atomic mass is 10.0. The maximum Gasteiger partial charge on any atom is 0.163 e. The molecule has 1 nitrogen and oxygen atoms in total. The molecule has 0 atom stereocenters. The van der Waals surface area contributed by atoms with Gasteiger partial charge in [-0.2, -0.15) is 0 Å². The molecule has 1 heteroatoms. The van der Waals surface area contributed by atoms with Gasteiger partial charge in [-0.15, -0.1) is 0 Å². The number of carbonyl (C=O) groups is 1. The van der Waals surface area contributed by atoms with Crippen molar-refractivity contribution in [1.29, 1.82) is 0 Å². The third-order valence-corrected chi connectivity index (χ3v) is 2.10. The van der Waals surface area contributed by atoms with E-state index in [0.29, 0.717) is 6.42 Å². The van der Waals surface area contributed by atoms with Gasteiger partial charge in [-0.05, 0) is 12.0 Å². The maximum atomic E-state index is 11.5. The van der Waals surface area contributed by atoms with Crippen molar-refractivity contribution >= 4 is 11.9 Å². The second kappa shape index (κ2) is 2.94. The van der Waals surface area contributed by atoms with Gasteiger partial charge in [0.15, 0.2) is 5.78 Å². The largest absolute Gasteiger partial charge is 0.294 e. The van der Waals surface area contributed by atoms with E-state index in [4.69, 9.17) is 0 Å². The van der Waals surface area contributed by atoms with Crippen LogP contribution in [0, 0.1) is 0 Å². The zero-order valence-corrected chi connectivity index (χ0v) is 6.79. The van der Waals surface area contributed by atoms with Crippen LogP contribution in [0.3, 0.4) is 0 Å². The van der Waals surface area contributed by atoms with Crippen molar-refractivity contribution in [2.24, 2.45) is 0 Å². The van der Waals surface area contributed by atoms with E-state index < -0.39 is 0 Å². The summed E-state index contributed by atoms with van der Waals surface area (Å²) < 4.78 is 0. The molecule has 1 aromatic rings. The lowest BCUT2D eigenvalue weighted by Crippen LogP contribution is -1.98. The Labute approximate surface area is 71.7 Å². The molecular weight excluding hydrogens is 148 g/mol. The summed E-state index contributed by atoms with van der Waals surface area (Å²) in [6, 6.07) is 7.75. The molecule has 0 N–H and O–H groups in total. The molecule has 1 aliphatic carbocycles. The fourth-order valence-electron chi connectivity index (χ4n) is 1.46. The molecule has 0 amide bonds. The molecule has 0 saturated carbocycles. The number of hydrogen-bond acceptors (Lipinski definition) is 1. The second-order valence-corrected chi connectivity index (χ2v) is 2.95. The Hall–Kier alpha value is -1.37. The van der Waals surface area contributed by atoms with Crippen molar-refractivity contribution in [1.82, 2.24) is 0 Å². The first-order valence-electron chi connectivity index (χ1n) is 4.17. The Balaban J connectivity index is 2.56. The number of allylic oxidation sites excluding steroid dienone is 1. The van der Waals surface area contributed by atoms with Gasteiger partial charge in [-0.25, -0.2) is 0 Å². The number of hydrogen-bond donors (Lipinski definition) is 0. The van der Waals surface area contributed by atoms with Gasteiger partial charge >= 0.3 is 0 Å². The Kier molecular flexibility index (Phi) is 1.78. The summed E-state index contributed by atoms with van der Waals surface area (Å²) in [4.78, 5) is 11.5. The SMILES string of the molecule is O=C1CCC=Cc2ccccc21. The van der Waals surface area contributed by atoms with Crippen LogP contribution < -0.4 is 0 Å². The molecule has 12 heavy (non-hydrogen) atoms. The molecule has 0 fully saturated rings. The summed E-state index contributed by atoms with van der Waals surface area (Å²) in [5.74, 6) is 0.260. The molecule has 0 aliphatic heterocycles. The zero-order valence-electron chi connectivity index (χ0n) is 6.79. The van der Waals surface area contributed by atoms with Crippen molar-refractivity contribution < 1.29 is 4.79 Å². The molecule has 2 rings (SSSR count). The summed E-state index contributed by atoms with van der Waals surface area (Å²) in [5, 5.41) is 0. The van der Waals surface area contributed by atoms with E-state index in [9.17, 15) is 4.79 Å². The van der Waals surface area contributed by atoms with Crippen LogP contribution in [0.15, 0.2) is 30.3 Å². The van der Waals surface area contributed by atoms with E-state index in [1.807, 2.05) is 30.3 Å². The third-order valence-electron chi connectivity index (χ3n) is 2.10. The van der Waals surface area contributed by atoms with Gasteiger partial charge in [0.1, 0.15) is 0 Å². The lowest BCUT2D eigenvalue weighted by Gasteiger charge is -1.99.